The van der Waals surface area contributed by atoms with E-state index in [2.05, 4.69) is 5.32 Å². The monoisotopic (exact) mass is 273 g/mol. The third kappa shape index (κ3) is 4.73. The lowest BCUT2D eigenvalue weighted by atomic mass is 10.1. The Morgan fingerprint density at radius 1 is 1.20 bits per heavy atom. The molecule has 106 valence electrons. The van der Waals surface area contributed by atoms with Crippen molar-refractivity contribution >= 4 is 11.8 Å². The molecule has 0 saturated carbocycles. The highest BCUT2D eigenvalue weighted by molar-refractivity contribution is 5.85. The van der Waals surface area contributed by atoms with E-state index >= 15 is 0 Å². The number of likely N-dealkylation sites (N-methyl/N-ethyl adjacent to an activating group) is 1. The normalized spacial score (nSPS) is 9.65. The number of nitriles is 1. The highest BCUT2D eigenvalue weighted by atomic mass is 16.2. The second-order valence-corrected chi connectivity index (χ2v) is 4.33. The van der Waals surface area contributed by atoms with Crippen LogP contribution >= 0.6 is 0 Å². The first-order valence-corrected chi connectivity index (χ1v) is 6.64. The molecule has 0 bridgehead atoms. The van der Waals surface area contributed by atoms with Gasteiger partial charge in [-0.15, -0.1) is 0 Å². The van der Waals surface area contributed by atoms with Crippen LogP contribution in [-0.4, -0.2) is 36.3 Å². The van der Waals surface area contributed by atoms with Gasteiger partial charge < -0.3 is 10.2 Å². The fraction of sp³-hybridized carbons (Fsp3) is 0.400. The molecule has 0 fully saturated rings. The van der Waals surface area contributed by atoms with Crippen LogP contribution in [0.2, 0.25) is 0 Å². The molecule has 0 heterocycles. The zero-order valence-corrected chi connectivity index (χ0v) is 11.8. The highest BCUT2D eigenvalue weighted by Gasteiger charge is 2.11. The molecule has 0 aliphatic heterocycles. The number of carbonyl (C=O) groups is 2. The van der Waals surface area contributed by atoms with Crippen LogP contribution in [0.5, 0.6) is 0 Å². The minimum Gasteiger partial charge on any atom is -0.347 e. The number of nitrogens with one attached hydrogen (secondary N) is 1. The SMILES string of the molecule is CCN(CC)C(=O)CNC(=O)Cc1ccc(C#N)cc1. The Morgan fingerprint density at radius 2 is 1.80 bits per heavy atom. The van der Waals surface area contributed by atoms with Gasteiger partial charge in [0.2, 0.25) is 11.8 Å². The molecule has 0 atom stereocenters. The molecule has 0 radical (unpaired) electrons. The van der Waals surface area contributed by atoms with E-state index in [1.807, 2.05) is 19.9 Å². The van der Waals surface area contributed by atoms with E-state index in [1.54, 1.807) is 29.2 Å². The summed E-state index contributed by atoms with van der Waals surface area (Å²) in [7, 11) is 0. The second kappa shape index (κ2) is 7.95. The first-order valence-electron chi connectivity index (χ1n) is 6.64. The molecule has 0 spiro atoms. The summed E-state index contributed by atoms with van der Waals surface area (Å²) >= 11 is 0. The van der Waals surface area contributed by atoms with Gasteiger partial charge in [0.15, 0.2) is 0 Å². The van der Waals surface area contributed by atoms with Gasteiger partial charge in [0.25, 0.3) is 0 Å². The quantitative estimate of drug-likeness (QED) is 0.843. The van der Waals surface area contributed by atoms with Crippen LogP contribution in [0.4, 0.5) is 0 Å². The zero-order chi connectivity index (χ0) is 15.0. The molecule has 2 amide bonds. The van der Waals surface area contributed by atoms with Gasteiger partial charge in [0.1, 0.15) is 0 Å². The average molecular weight is 273 g/mol. The number of hydrogen-bond donors (Lipinski definition) is 1. The standard InChI is InChI=1S/C15H19N3O2/c1-3-18(4-2)15(20)11-17-14(19)9-12-5-7-13(10-16)8-6-12/h5-8H,3-4,9,11H2,1-2H3,(H,17,19). The Labute approximate surface area is 119 Å². The molecule has 0 unspecified atom stereocenters. The molecule has 0 saturated heterocycles. The third-order valence-corrected chi connectivity index (χ3v) is 3.00. The Hall–Kier alpha value is -2.35. The van der Waals surface area contributed by atoms with Gasteiger partial charge in [-0.05, 0) is 31.5 Å². The van der Waals surface area contributed by atoms with Gasteiger partial charge in [0.05, 0.1) is 24.6 Å². The van der Waals surface area contributed by atoms with Crippen molar-refractivity contribution in [2.75, 3.05) is 19.6 Å². The summed E-state index contributed by atoms with van der Waals surface area (Å²) in [6.07, 6.45) is 0.206. The molecule has 5 heteroatoms. The predicted molar refractivity (Wildman–Crippen MR) is 75.8 cm³/mol. The molecular formula is C15H19N3O2. The van der Waals surface area contributed by atoms with Gasteiger partial charge in [-0.3, -0.25) is 9.59 Å². The first-order chi connectivity index (χ1) is 9.60. The van der Waals surface area contributed by atoms with Crippen LogP contribution in [0, 0.1) is 11.3 Å². The van der Waals surface area contributed by atoms with Crippen molar-refractivity contribution in [2.24, 2.45) is 0 Å². The summed E-state index contributed by atoms with van der Waals surface area (Å²) in [5.74, 6) is -0.279. The van der Waals surface area contributed by atoms with Crippen molar-refractivity contribution in [3.05, 3.63) is 35.4 Å². The number of rotatable bonds is 6. The molecule has 1 rings (SSSR count). The molecular weight excluding hydrogens is 254 g/mol. The summed E-state index contributed by atoms with van der Waals surface area (Å²) in [5.41, 5.74) is 1.38. The predicted octanol–water partition coefficient (Wildman–Crippen LogP) is 1.09. The lowest BCUT2D eigenvalue weighted by Gasteiger charge is -2.18. The summed E-state index contributed by atoms with van der Waals surface area (Å²) in [5, 5.41) is 11.3. The van der Waals surface area contributed by atoms with Gasteiger partial charge in [-0.25, -0.2) is 0 Å². The van der Waals surface area contributed by atoms with Crippen LogP contribution in [0.3, 0.4) is 0 Å². The third-order valence-electron chi connectivity index (χ3n) is 3.00. The van der Waals surface area contributed by atoms with E-state index in [0.29, 0.717) is 18.7 Å². The van der Waals surface area contributed by atoms with E-state index in [-0.39, 0.29) is 24.8 Å². The molecule has 1 aromatic carbocycles. The fourth-order valence-electron chi connectivity index (χ4n) is 1.81. The first kappa shape index (κ1) is 15.7. The molecule has 5 nitrogen and oxygen atoms in total. The van der Waals surface area contributed by atoms with Gasteiger partial charge in [-0.2, -0.15) is 5.26 Å². The zero-order valence-electron chi connectivity index (χ0n) is 11.8. The molecule has 1 N–H and O–H groups in total. The van der Waals surface area contributed by atoms with Crippen LogP contribution in [0.1, 0.15) is 25.0 Å². The van der Waals surface area contributed by atoms with Gasteiger partial charge >= 0.3 is 0 Å². The summed E-state index contributed by atoms with van der Waals surface area (Å²) < 4.78 is 0. The number of benzene rings is 1. The van der Waals surface area contributed by atoms with Crippen molar-refractivity contribution in [3.63, 3.8) is 0 Å². The minimum absolute atomic E-state index is 0.0246. The lowest BCUT2D eigenvalue weighted by molar-refractivity contribution is -0.132. The molecule has 20 heavy (non-hydrogen) atoms. The summed E-state index contributed by atoms with van der Waals surface area (Å²) in [4.78, 5) is 25.1. The van der Waals surface area contributed by atoms with E-state index in [1.165, 1.54) is 0 Å². The smallest absolute Gasteiger partial charge is 0.241 e. The number of nitrogens with zero attached hydrogens (tertiary/aromatic N) is 2. The maximum Gasteiger partial charge on any atom is 0.241 e. The van der Waals surface area contributed by atoms with Crippen LogP contribution < -0.4 is 5.32 Å². The van der Waals surface area contributed by atoms with Crippen molar-refractivity contribution in [1.82, 2.24) is 10.2 Å². The number of carbonyl (C=O) groups excluding carboxylic acids is 2. The van der Waals surface area contributed by atoms with Gasteiger partial charge in [0, 0.05) is 13.1 Å². The van der Waals surface area contributed by atoms with E-state index in [9.17, 15) is 9.59 Å². The highest BCUT2D eigenvalue weighted by Crippen LogP contribution is 2.03. The Balaban J connectivity index is 2.43. The maximum absolute atomic E-state index is 11.7. The Bertz CT molecular complexity index is 499. The molecule has 0 aliphatic rings. The lowest BCUT2D eigenvalue weighted by Crippen LogP contribution is -2.40. The molecule has 1 aromatic rings. The largest absolute Gasteiger partial charge is 0.347 e. The summed E-state index contributed by atoms with van der Waals surface area (Å²) in [6.45, 7) is 5.11. The maximum atomic E-state index is 11.7. The Kier molecular flexibility index (Phi) is 6.24. The molecule has 0 aromatic heterocycles. The van der Waals surface area contributed by atoms with Crippen molar-refractivity contribution in [3.8, 4) is 6.07 Å². The van der Waals surface area contributed by atoms with Crippen molar-refractivity contribution in [1.29, 1.82) is 5.26 Å². The second-order valence-electron chi connectivity index (χ2n) is 4.33. The Morgan fingerprint density at radius 3 is 2.30 bits per heavy atom. The van der Waals surface area contributed by atoms with Crippen LogP contribution in [0.25, 0.3) is 0 Å². The number of hydrogen-bond acceptors (Lipinski definition) is 3. The van der Waals surface area contributed by atoms with E-state index < -0.39 is 0 Å². The van der Waals surface area contributed by atoms with E-state index in [4.69, 9.17) is 5.26 Å². The topological polar surface area (TPSA) is 73.2 Å². The molecule has 0 aliphatic carbocycles. The van der Waals surface area contributed by atoms with Crippen LogP contribution in [-0.2, 0) is 16.0 Å². The summed E-state index contributed by atoms with van der Waals surface area (Å²) in [6, 6.07) is 8.84. The van der Waals surface area contributed by atoms with E-state index in [0.717, 1.165) is 5.56 Å². The number of amides is 2. The van der Waals surface area contributed by atoms with Crippen molar-refractivity contribution in [2.45, 2.75) is 20.3 Å². The van der Waals surface area contributed by atoms with Crippen molar-refractivity contribution < 1.29 is 9.59 Å². The average Bonchev–Trinajstić information content (AvgIpc) is 2.47. The minimum atomic E-state index is -0.199. The van der Waals surface area contributed by atoms with Crippen LogP contribution in [0.15, 0.2) is 24.3 Å². The van der Waals surface area contributed by atoms with Gasteiger partial charge in [-0.1, -0.05) is 12.1 Å². The fourth-order valence-corrected chi connectivity index (χ4v) is 1.81.